The van der Waals surface area contributed by atoms with Gasteiger partial charge in [0.05, 0.1) is 6.20 Å². The second kappa shape index (κ2) is 6.03. The van der Waals surface area contributed by atoms with Gasteiger partial charge in [0.2, 0.25) is 0 Å². The molecule has 1 aliphatic rings. The van der Waals surface area contributed by atoms with Crippen LogP contribution in [0, 0.1) is 0 Å². The van der Waals surface area contributed by atoms with E-state index in [1.807, 2.05) is 12.4 Å². The minimum absolute atomic E-state index is 0. The Labute approximate surface area is 113 Å². The molecule has 0 unspecified atom stereocenters. The Morgan fingerprint density at radius 2 is 1.94 bits per heavy atom. The SMILES string of the molecule is Cl.c1cc(-c2cn[nH]c2)cc(C2CCNCC2)c1. The van der Waals surface area contributed by atoms with E-state index in [0.29, 0.717) is 5.92 Å². The van der Waals surface area contributed by atoms with Gasteiger partial charge in [0, 0.05) is 11.8 Å². The molecule has 3 nitrogen and oxygen atoms in total. The standard InChI is InChI=1S/C14H17N3.ClH/c1-2-12(11-4-6-15-7-5-11)8-13(3-1)14-9-16-17-10-14;/h1-3,8-11,15H,4-7H2,(H,16,17);1H. The number of nitrogens with one attached hydrogen (secondary N) is 2. The molecule has 1 aromatic carbocycles. The van der Waals surface area contributed by atoms with Crippen molar-refractivity contribution in [3.8, 4) is 11.1 Å². The number of piperidine rings is 1. The van der Waals surface area contributed by atoms with Crippen molar-refractivity contribution in [2.24, 2.45) is 0 Å². The van der Waals surface area contributed by atoms with E-state index in [1.165, 1.54) is 29.5 Å². The zero-order chi connectivity index (χ0) is 11.5. The Morgan fingerprint density at radius 3 is 2.67 bits per heavy atom. The van der Waals surface area contributed by atoms with Crippen LogP contribution in [-0.4, -0.2) is 23.3 Å². The predicted molar refractivity (Wildman–Crippen MR) is 76.1 cm³/mol. The van der Waals surface area contributed by atoms with E-state index in [9.17, 15) is 0 Å². The van der Waals surface area contributed by atoms with Crippen LogP contribution in [0.3, 0.4) is 0 Å². The summed E-state index contributed by atoms with van der Waals surface area (Å²) < 4.78 is 0. The van der Waals surface area contributed by atoms with Gasteiger partial charge in [-0.05, 0) is 43.0 Å². The van der Waals surface area contributed by atoms with Crippen molar-refractivity contribution in [2.75, 3.05) is 13.1 Å². The quantitative estimate of drug-likeness (QED) is 0.875. The number of aromatic amines is 1. The third-order valence-corrected chi connectivity index (χ3v) is 3.53. The Hall–Kier alpha value is -1.32. The zero-order valence-corrected chi connectivity index (χ0v) is 11.0. The van der Waals surface area contributed by atoms with Gasteiger partial charge in [-0.15, -0.1) is 12.4 Å². The van der Waals surface area contributed by atoms with Crippen molar-refractivity contribution < 1.29 is 0 Å². The first-order valence-electron chi connectivity index (χ1n) is 6.23. The first-order chi connectivity index (χ1) is 8.43. The fourth-order valence-corrected chi connectivity index (χ4v) is 2.54. The second-order valence-electron chi connectivity index (χ2n) is 4.64. The fourth-order valence-electron chi connectivity index (χ4n) is 2.54. The van der Waals surface area contributed by atoms with Crippen LogP contribution in [0.4, 0.5) is 0 Å². The highest BCUT2D eigenvalue weighted by atomic mass is 35.5. The van der Waals surface area contributed by atoms with Gasteiger partial charge in [0.25, 0.3) is 0 Å². The van der Waals surface area contributed by atoms with Gasteiger partial charge in [-0.3, -0.25) is 5.10 Å². The van der Waals surface area contributed by atoms with Crippen molar-refractivity contribution in [3.05, 3.63) is 42.2 Å². The molecule has 1 fully saturated rings. The number of aromatic nitrogens is 2. The van der Waals surface area contributed by atoms with Gasteiger partial charge < -0.3 is 5.32 Å². The third kappa shape index (κ3) is 2.74. The van der Waals surface area contributed by atoms with Gasteiger partial charge in [-0.25, -0.2) is 0 Å². The third-order valence-electron chi connectivity index (χ3n) is 3.53. The highest BCUT2D eigenvalue weighted by molar-refractivity contribution is 5.85. The van der Waals surface area contributed by atoms with Crippen LogP contribution in [0.5, 0.6) is 0 Å². The van der Waals surface area contributed by atoms with E-state index in [1.54, 1.807) is 0 Å². The summed E-state index contributed by atoms with van der Waals surface area (Å²) in [6.45, 7) is 2.28. The summed E-state index contributed by atoms with van der Waals surface area (Å²) in [6.07, 6.45) is 6.31. The number of nitrogens with zero attached hydrogens (tertiary/aromatic N) is 1. The maximum Gasteiger partial charge on any atom is 0.0565 e. The lowest BCUT2D eigenvalue weighted by Gasteiger charge is -2.23. The number of halogens is 1. The molecule has 0 bridgehead atoms. The average Bonchev–Trinajstić information content (AvgIpc) is 2.94. The van der Waals surface area contributed by atoms with Gasteiger partial charge >= 0.3 is 0 Å². The topological polar surface area (TPSA) is 40.7 Å². The summed E-state index contributed by atoms with van der Waals surface area (Å²) in [5, 5.41) is 10.3. The molecule has 1 aromatic heterocycles. The molecule has 1 saturated heterocycles. The molecule has 3 rings (SSSR count). The number of hydrogen-bond donors (Lipinski definition) is 2. The normalized spacial score (nSPS) is 16.2. The Bertz CT molecular complexity index is 476. The van der Waals surface area contributed by atoms with Gasteiger partial charge in [0.1, 0.15) is 0 Å². The van der Waals surface area contributed by atoms with Crippen molar-refractivity contribution in [1.82, 2.24) is 15.5 Å². The highest BCUT2D eigenvalue weighted by Crippen LogP contribution is 2.28. The fraction of sp³-hybridized carbons (Fsp3) is 0.357. The number of H-pyrrole nitrogens is 1. The molecule has 2 heterocycles. The maximum absolute atomic E-state index is 4.01. The van der Waals surface area contributed by atoms with Crippen molar-refractivity contribution >= 4 is 12.4 Å². The lowest BCUT2D eigenvalue weighted by Crippen LogP contribution is -2.26. The van der Waals surface area contributed by atoms with Crippen LogP contribution in [-0.2, 0) is 0 Å². The first kappa shape index (κ1) is 13.1. The van der Waals surface area contributed by atoms with E-state index in [2.05, 4.69) is 39.8 Å². The molecule has 96 valence electrons. The lowest BCUT2D eigenvalue weighted by atomic mass is 9.89. The molecule has 0 amide bonds. The molecular formula is C14H18ClN3. The Balaban J connectivity index is 0.00000120. The summed E-state index contributed by atoms with van der Waals surface area (Å²) in [5.41, 5.74) is 3.89. The largest absolute Gasteiger partial charge is 0.317 e. The number of rotatable bonds is 2. The van der Waals surface area contributed by atoms with E-state index < -0.39 is 0 Å². The minimum Gasteiger partial charge on any atom is -0.317 e. The van der Waals surface area contributed by atoms with Crippen molar-refractivity contribution in [2.45, 2.75) is 18.8 Å². The summed E-state index contributed by atoms with van der Waals surface area (Å²) in [7, 11) is 0. The first-order valence-corrected chi connectivity index (χ1v) is 6.23. The van der Waals surface area contributed by atoms with Gasteiger partial charge in [-0.2, -0.15) is 5.10 Å². The van der Waals surface area contributed by atoms with Crippen molar-refractivity contribution in [1.29, 1.82) is 0 Å². The molecule has 0 aliphatic carbocycles. The van der Waals surface area contributed by atoms with Crippen LogP contribution in [0.25, 0.3) is 11.1 Å². The molecule has 0 atom stereocenters. The zero-order valence-electron chi connectivity index (χ0n) is 10.2. The summed E-state index contributed by atoms with van der Waals surface area (Å²) >= 11 is 0. The minimum atomic E-state index is 0. The molecule has 0 radical (unpaired) electrons. The van der Waals surface area contributed by atoms with E-state index >= 15 is 0 Å². The summed E-state index contributed by atoms with van der Waals surface area (Å²) in [6, 6.07) is 8.86. The van der Waals surface area contributed by atoms with E-state index in [4.69, 9.17) is 0 Å². The van der Waals surface area contributed by atoms with Crippen LogP contribution in [0.2, 0.25) is 0 Å². The van der Waals surface area contributed by atoms with Crippen LogP contribution < -0.4 is 5.32 Å². The molecule has 2 aromatic rings. The molecule has 2 N–H and O–H groups in total. The Kier molecular flexibility index (Phi) is 4.39. The molecular weight excluding hydrogens is 246 g/mol. The van der Waals surface area contributed by atoms with Crippen LogP contribution in [0.1, 0.15) is 24.3 Å². The van der Waals surface area contributed by atoms with Crippen molar-refractivity contribution in [3.63, 3.8) is 0 Å². The van der Waals surface area contributed by atoms with E-state index in [-0.39, 0.29) is 12.4 Å². The monoisotopic (exact) mass is 263 g/mol. The highest BCUT2D eigenvalue weighted by Gasteiger charge is 2.15. The molecule has 1 aliphatic heterocycles. The molecule has 18 heavy (non-hydrogen) atoms. The van der Waals surface area contributed by atoms with Gasteiger partial charge in [-0.1, -0.05) is 24.3 Å². The van der Waals surface area contributed by atoms with Crippen LogP contribution in [0.15, 0.2) is 36.7 Å². The smallest absolute Gasteiger partial charge is 0.0565 e. The molecule has 4 heteroatoms. The maximum atomic E-state index is 4.01. The Morgan fingerprint density at radius 1 is 1.11 bits per heavy atom. The van der Waals surface area contributed by atoms with E-state index in [0.717, 1.165) is 13.1 Å². The number of hydrogen-bond acceptors (Lipinski definition) is 2. The van der Waals surface area contributed by atoms with Crippen LogP contribution >= 0.6 is 12.4 Å². The molecule has 0 saturated carbocycles. The average molecular weight is 264 g/mol. The predicted octanol–water partition coefficient (Wildman–Crippen LogP) is 2.97. The summed E-state index contributed by atoms with van der Waals surface area (Å²) in [5.74, 6) is 0.711. The summed E-state index contributed by atoms with van der Waals surface area (Å²) in [4.78, 5) is 0. The number of benzene rings is 1. The lowest BCUT2D eigenvalue weighted by molar-refractivity contribution is 0.460. The second-order valence-corrected chi connectivity index (χ2v) is 4.64. The molecule has 0 spiro atoms. The van der Waals surface area contributed by atoms with Gasteiger partial charge in [0.15, 0.2) is 0 Å².